The second kappa shape index (κ2) is 6.62. The molecule has 3 heteroatoms. The van der Waals surface area contributed by atoms with Crippen LogP contribution in [-0.2, 0) is 11.5 Å². The van der Waals surface area contributed by atoms with Gasteiger partial charge in [0.1, 0.15) is 0 Å². The molecule has 2 aromatic rings. The molecule has 0 aliphatic rings. The van der Waals surface area contributed by atoms with Crippen LogP contribution in [0, 0.1) is 13.8 Å². The maximum atomic E-state index is 10.8. The number of aryl methyl sites for hydroxylation is 2. The highest BCUT2D eigenvalue weighted by molar-refractivity contribution is 7.97. The molecule has 0 radical (unpaired) electrons. The lowest BCUT2D eigenvalue weighted by molar-refractivity contribution is 0.0697. The second-order valence-corrected chi connectivity index (χ2v) is 5.98. The first kappa shape index (κ1) is 14.7. The Bertz CT molecular complexity index is 583. The summed E-state index contributed by atoms with van der Waals surface area (Å²) in [4.78, 5) is 10.8. The van der Waals surface area contributed by atoms with Crippen molar-refractivity contribution >= 4 is 17.7 Å². The lowest BCUT2D eigenvalue weighted by Gasteiger charge is -2.05. The molecule has 0 aliphatic heterocycles. The minimum Gasteiger partial charge on any atom is -0.478 e. The average molecular weight is 286 g/mol. The van der Waals surface area contributed by atoms with E-state index in [1.165, 1.54) is 16.7 Å². The summed E-state index contributed by atoms with van der Waals surface area (Å²) in [5, 5.41) is 8.85. The summed E-state index contributed by atoms with van der Waals surface area (Å²) < 4.78 is 0. The van der Waals surface area contributed by atoms with Gasteiger partial charge in [-0.3, -0.25) is 0 Å². The normalized spacial score (nSPS) is 10.5. The Morgan fingerprint density at radius 1 is 0.950 bits per heavy atom. The maximum absolute atomic E-state index is 10.8. The zero-order valence-corrected chi connectivity index (χ0v) is 12.5. The average Bonchev–Trinajstić information content (AvgIpc) is 2.38. The predicted molar refractivity (Wildman–Crippen MR) is 84.3 cm³/mol. The summed E-state index contributed by atoms with van der Waals surface area (Å²) in [7, 11) is 0. The lowest BCUT2D eigenvalue weighted by atomic mass is 10.1. The van der Waals surface area contributed by atoms with Gasteiger partial charge < -0.3 is 5.11 Å². The van der Waals surface area contributed by atoms with E-state index in [1.807, 2.05) is 23.9 Å². The lowest BCUT2D eigenvalue weighted by Crippen LogP contribution is -1.95. The molecule has 20 heavy (non-hydrogen) atoms. The topological polar surface area (TPSA) is 37.3 Å². The number of thioether (sulfide) groups is 1. The van der Waals surface area contributed by atoms with Crippen molar-refractivity contribution in [3.8, 4) is 0 Å². The smallest absolute Gasteiger partial charge is 0.335 e. The molecule has 0 unspecified atom stereocenters. The first-order valence-corrected chi connectivity index (χ1v) is 7.67. The number of carbonyl (C=O) groups is 1. The fourth-order valence-corrected chi connectivity index (χ4v) is 3.12. The number of rotatable bonds is 5. The molecule has 0 amide bonds. The standard InChI is InChI=1S/C17H18O2S/c1-12-7-13(2)9-15(8-12)11-20-10-14-3-5-16(6-4-14)17(18)19/h3-9H,10-11H2,1-2H3,(H,18,19). The second-order valence-electron chi connectivity index (χ2n) is 4.99. The van der Waals surface area contributed by atoms with Crippen LogP contribution in [0.1, 0.15) is 32.6 Å². The molecule has 0 saturated heterocycles. The van der Waals surface area contributed by atoms with Crippen LogP contribution in [0.3, 0.4) is 0 Å². The van der Waals surface area contributed by atoms with Crippen LogP contribution in [0.15, 0.2) is 42.5 Å². The van der Waals surface area contributed by atoms with Gasteiger partial charge in [-0.05, 0) is 37.1 Å². The van der Waals surface area contributed by atoms with Crippen LogP contribution < -0.4 is 0 Å². The molecular weight excluding hydrogens is 268 g/mol. The Balaban J connectivity index is 1.90. The zero-order chi connectivity index (χ0) is 14.5. The summed E-state index contributed by atoms with van der Waals surface area (Å²) in [5.41, 5.74) is 5.44. The highest BCUT2D eigenvalue weighted by Crippen LogP contribution is 2.20. The van der Waals surface area contributed by atoms with E-state index in [0.717, 1.165) is 17.1 Å². The summed E-state index contributed by atoms with van der Waals surface area (Å²) in [5.74, 6) is 0.996. The van der Waals surface area contributed by atoms with Crippen LogP contribution in [0.5, 0.6) is 0 Å². The molecule has 0 bridgehead atoms. The molecule has 0 spiro atoms. The van der Waals surface area contributed by atoms with E-state index in [9.17, 15) is 4.79 Å². The number of carboxylic acid groups (broad SMARTS) is 1. The van der Waals surface area contributed by atoms with Crippen LogP contribution in [0.25, 0.3) is 0 Å². The van der Waals surface area contributed by atoms with E-state index in [1.54, 1.807) is 12.1 Å². The first-order valence-electron chi connectivity index (χ1n) is 6.52. The third-order valence-corrected chi connectivity index (χ3v) is 4.09. The Morgan fingerprint density at radius 3 is 2.05 bits per heavy atom. The molecular formula is C17H18O2S. The largest absolute Gasteiger partial charge is 0.478 e. The Hall–Kier alpha value is -1.74. The zero-order valence-electron chi connectivity index (χ0n) is 11.7. The summed E-state index contributed by atoms with van der Waals surface area (Å²) in [6, 6.07) is 13.7. The molecule has 0 fully saturated rings. The van der Waals surface area contributed by atoms with E-state index >= 15 is 0 Å². The number of aromatic carboxylic acids is 1. The van der Waals surface area contributed by atoms with Crippen LogP contribution in [-0.4, -0.2) is 11.1 Å². The third kappa shape index (κ3) is 4.14. The monoisotopic (exact) mass is 286 g/mol. The molecule has 2 aromatic carbocycles. The fourth-order valence-electron chi connectivity index (χ4n) is 2.18. The van der Waals surface area contributed by atoms with Gasteiger partial charge >= 0.3 is 5.97 Å². The van der Waals surface area contributed by atoms with Gasteiger partial charge in [0.25, 0.3) is 0 Å². The van der Waals surface area contributed by atoms with Crippen molar-refractivity contribution < 1.29 is 9.90 Å². The summed E-state index contributed by atoms with van der Waals surface area (Å²) in [6.07, 6.45) is 0. The van der Waals surface area contributed by atoms with Gasteiger partial charge in [0.2, 0.25) is 0 Å². The summed E-state index contributed by atoms with van der Waals surface area (Å²) in [6.45, 7) is 4.23. The van der Waals surface area contributed by atoms with Crippen LogP contribution in [0.4, 0.5) is 0 Å². The molecule has 0 atom stereocenters. The quantitative estimate of drug-likeness (QED) is 0.883. The van der Waals surface area contributed by atoms with Gasteiger partial charge in [0, 0.05) is 11.5 Å². The molecule has 2 nitrogen and oxygen atoms in total. The predicted octanol–water partition coefficient (Wildman–Crippen LogP) is 4.44. The summed E-state index contributed by atoms with van der Waals surface area (Å²) >= 11 is 1.84. The Morgan fingerprint density at radius 2 is 1.50 bits per heavy atom. The van der Waals surface area contributed by atoms with Crippen molar-refractivity contribution in [3.63, 3.8) is 0 Å². The maximum Gasteiger partial charge on any atom is 0.335 e. The highest BCUT2D eigenvalue weighted by Gasteiger charge is 2.02. The molecule has 104 valence electrons. The SMILES string of the molecule is Cc1cc(C)cc(CSCc2ccc(C(=O)O)cc2)c1. The van der Waals surface area contributed by atoms with Gasteiger partial charge in [0.15, 0.2) is 0 Å². The van der Waals surface area contributed by atoms with Gasteiger partial charge in [0.05, 0.1) is 5.56 Å². The van der Waals surface area contributed by atoms with Crippen molar-refractivity contribution in [3.05, 3.63) is 70.3 Å². The number of hydrogen-bond donors (Lipinski definition) is 1. The van der Waals surface area contributed by atoms with Crippen molar-refractivity contribution in [2.75, 3.05) is 0 Å². The number of benzene rings is 2. The van der Waals surface area contributed by atoms with E-state index in [0.29, 0.717) is 5.56 Å². The van der Waals surface area contributed by atoms with Gasteiger partial charge in [-0.25, -0.2) is 4.79 Å². The first-order chi connectivity index (χ1) is 9.54. The van der Waals surface area contributed by atoms with E-state index in [-0.39, 0.29) is 0 Å². The molecule has 1 N–H and O–H groups in total. The van der Waals surface area contributed by atoms with Crippen molar-refractivity contribution in [2.24, 2.45) is 0 Å². The van der Waals surface area contributed by atoms with E-state index < -0.39 is 5.97 Å². The fraction of sp³-hybridized carbons (Fsp3) is 0.235. The molecule has 0 aliphatic carbocycles. The van der Waals surface area contributed by atoms with Gasteiger partial charge in [-0.1, -0.05) is 41.5 Å². The van der Waals surface area contributed by atoms with Crippen molar-refractivity contribution in [1.82, 2.24) is 0 Å². The molecule has 0 aromatic heterocycles. The van der Waals surface area contributed by atoms with Gasteiger partial charge in [-0.2, -0.15) is 11.8 Å². The number of hydrogen-bond acceptors (Lipinski definition) is 2. The third-order valence-electron chi connectivity index (χ3n) is 3.02. The van der Waals surface area contributed by atoms with Crippen molar-refractivity contribution in [2.45, 2.75) is 25.4 Å². The minimum atomic E-state index is -0.876. The van der Waals surface area contributed by atoms with Crippen LogP contribution in [0.2, 0.25) is 0 Å². The highest BCUT2D eigenvalue weighted by atomic mass is 32.2. The molecule has 0 heterocycles. The number of carboxylic acids is 1. The van der Waals surface area contributed by atoms with E-state index in [4.69, 9.17) is 5.11 Å². The molecule has 0 saturated carbocycles. The molecule has 2 rings (SSSR count). The Kier molecular flexibility index (Phi) is 4.85. The van der Waals surface area contributed by atoms with E-state index in [2.05, 4.69) is 32.0 Å². The van der Waals surface area contributed by atoms with Crippen LogP contribution >= 0.6 is 11.8 Å². The van der Waals surface area contributed by atoms with Crippen molar-refractivity contribution in [1.29, 1.82) is 0 Å². The minimum absolute atomic E-state index is 0.341. The van der Waals surface area contributed by atoms with Gasteiger partial charge in [-0.15, -0.1) is 0 Å². The Labute approximate surface area is 123 Å².